The predicted molar refractivity (Wildman–Crippen MR) is 118 cm³/mol. The lowest BCUT2D eigenvalue weighted by atomic mass is 10.1. The normalized spacial score (nSPS) is 18.3. The van der Waals surface area contributed by atoms with Crippen LogP contribution in [-0.2, 0) is 9.84 Å². The van der Waals surface area contributed by atoms with Gasteiger partial charge in [-0.15, -0.1) is 0 Å². The lowest BCUT2D eigenvalue weighted by molar-refractivity contribution is 0.412. The van der Waals surface area contributed by atoms with Crippen LogP contribution in [0.25, 0.3) is 16.9 Å². The Morgan fingerprint density at radius 2 is 2.03 bits per heavy atom. The molecule has 0 bridgehead atoms. The average Bonchev–Trinajstić information content (AvgIpc) is 3.30. The van der Waals surface area contributed by atoms with Crippen LogP contribution < -0.4 is 4.74 Å². The second kappa shape index (κ2) is 8.12. The van der Waals surface area contributed by atoms with Crippen molar-refractivity contribution in [3.8, 4) is 22.7 Å². The van der Waals surface area contributed by atoms with Gasteiger partial charge in [0, 0.05) is 23.5 Å². The molecule has 6 nitrogen and oxygen atoms in total. The summed E-state index contributed by atoms with van der Waals surface area (Å²) in [5.74, 6) is 1.05. The van der Waals surface area contributed by atoms with Gasteiger partial charge in [0.1, 0.15) is 11.4 Å². The van der Waals surface area contributed by atoms with Gasteiger partial charge in [-0.25, -0.2) is 13.1 Å². The number of benzene rings is 2. The third-order valence-corrected chi connectivity index (χ3v) is 7.19. The summed E-state index contributed by atoms with van der Waals surface area (Å²) >= 11 is 3.53. The topological polar surface area (TPSA) is 73.5 Å². The van der Waals surface area contributed by atoms with Crippen molar-refractivity contribution >= 4 is 32.0 Å². The maximum atomic E-state index is 11.7. The monoisotopic (exact) mass is 473 g/mol. The molecule has 1 saturated heterocycles. The number of para-hydroxylation sites is 1. The van der Waals surface area contributed by atoms with Crippen LogP contribution in [0.2, 0.25) is 0 Å². The molecule has 2 aromatic carbocycles. The maximum Gasteiger partial charge on any atom is 0.152 e. The van der Waals surface area contributed by atoms with E-state index in [4.69, 9.17) is 9.84 Å². The summed E-state index contributed by atoms with van der Waals surface area (Å²) in [6.07, 6.45) is 4.22. The second-order valence-corrected chi connectivity index (χ2v) is 9.98. The van der Waals surface area contributed by atoms with E-state index in [1.807, 2.05) is 54.7 Å². The van der Waals surface area contributed by atoms with Gasteiger partial charge in [0.05, 0.1) is 34.8 Å². The van der Waals surface area contributed by atoms with Crippen LogP contribution in [0.1, 0.15) is 12.0 Å². The van der Waals surface area contributed by atoms with Gasteiger partial charge in [0.2, 0.25) is 0 Å². The molecule has 0 spiro atoms. The molecule has 1 atom stereocenters. The molecule has 1 aromatic heterocycles. The number of nitrogens with zero attached hydrogens (tertiary/aromatic N) is 3. The molecule has 0 radical (unpaired) electrons. The zero-order chi connectivity index (χ0) is 20.4. The first kappa shape index (κ1) is 19.8. The first-order valence-corrected chi connectivity index (χ1v) is 11.8. The fourth-order valence-corrected chi connectivity index (χ4v) is 5.49. The number of halogens is 1. The van der Waals surface area contributed by atoms with E-state index >= 15 is 0 Å². The number of aliphatic imine (C=N–C) groups is 1. The number of hydrogen-bond acceptors (Lipinski definition) is 5. The first-order chi connectivity index (χ1) is 13.9. The van der Waals surface area contributed by atoms with E-state index in [9.17, 15) is 8.42 Å². The van der Waals surface area contributed by atoms with E-state index in [0.29, 0.717) is 6.42 Å². The molecule has 150 valence electrons. The van der Waals surface area contributed by atoms with Crippen LogP contribution in [0, 0.1) is 0 Å². The van der Waals surface area contributed by atoms with E-state index in [-0.39, 0.29) is 17.5 Å². The summed E-state index contributed by atoms with van der Waals surface area (Å²) in [5, 5.41) is 4.77. The third-order valence-electron chi connectivity index (χ3n) is 4.82. The zero-order valence-electron chi connectivity index (χ0n) is 15.8. The van der Waals surface area contributed by atoms with E-state index in [1.165, 1.54) is 0 Å². The molecule has 2 heterocycles. The van der Waals surface area contributed by atoms with Crippen molar-refractivity contribution in [2.24, 2.45) is 4.99 Å². The number of hydrogen-bond donors (Lipinski definition) is 0. The molecule has 3 aromatic rings. The molecule has 1 aliphatic heterocycles. The smallest absolute Gasteiger partial charge is 0.152 e. The highest BCUT2D eigenvalue weighted by atomic mass is 79.9. The van der Waals surface area contributed by atoms with E-state index < -0.39 is 9.84 Å². The molecule has 0 N–H and O–H groups in total. The van der Waals surface area contributed by atoms with Gasteiger partial charge in [0.15, 0.2) is 9.84 Å². The molecule has 29 heavy (non-hydrogen) atoms. The van der Waals surface area contributed by atoms with Crippen LogP contribution in [0.5, 0.6) is 5.75 Å². The number of methoxy groups -OCH3 is 1. The van der Waals surface area contributed by atoms with Gasteiger partial charge < -0.3 is 4.74 Å². The minimum Gasteiger partial charge on any atom is -0.496 e. The fourth-order valence-electron chi connectivity index (χ4n) is 3.31. The van der Waals surface area contributed by atoms with Crippen LogP contribution in [0.4, 0.5) is 0 Å². The Hall–Kier alpha value is -2.45. The Kier molecular flexibility index (Phi) is 5.56. The summed E-state index contributed by atoms with van der Waals surface area (Å²) in [4.78, 5) is 4.54. The average molecular weight is 474 g/mol. The van der Waals surface area contributed by atoms with Crippen LogP contribution >= 0.6 is 15.9 Å². The van der Waals surface area contributed by atoms with Gasteiger partial charge >= 0.3 is 0 Å². The Balaban J connectivity index is 1.74. The van der Waals surface area contributed by atoms with Crippen molar-refractivity contribution in [1.82, 2.24) is 9.78 Å². The predicted octanol–water partition coefficient (Wildman–Crippen LogP) is 3.92. The summed E-state index contributed by atoms with van der Waals surface area (Å²) < 4.78 is 31.4. The van der Waals surface area contributed by atoms with E-state index in [0.717, 1.165) is 32.7 Å². The zero-order valence-corrected chi connectivity index (χ0v) is 18.2. The van der Waals surface area contributed by atoms with Gasteiger partial charge in [0.25, 0.3) is 0 Å². The van der Waals surface area contributed by atoms with Crippen LogP contribution in [-0.4, -0.2) is 49.1 Å². The molecule has 0 amide bonds. The van der Waals surface area contributed by atoms with Crippen LogP contribution in [0.15, 0.2) is 64.2 Å². The molecule has 8 heteroatoms. The van der Waals surface area contributed by atoms with Gasteiger partial charge in [-0.2, -0.15) is 5.10 Å². The summed E-state index contributed by atoms with van der Waals surface area (Å²) in [6.45, 7) is 0. The Bertz CT molecular complexity index is 1160. The van der Waals surface area contributed by atoms with Crippen molar-refractivity contribution in [2.75, 3.05) is 18.6 Å². The van der Waals surface area contributed by atoms with Gasteiger partial charge in [-0.05, 0) is 52.7 Å². The lowest BCUT2D eigenvalue weighted by Crippen LogP contribution is -2.07. The molecular weight excluding hydrogens is 454 g/mol. The minimum atomic E-state index is -2.97. The minimum absolute atomic E-state index is 0.111. The molecule has 1 aliphatic rings. The van der Waals surface area contributed by atoms with Gasteiger partial charge in [-0.1, -0.05) is 18.2 Å². The van der Waals surface area contributed by atoms with Crippen LogP contribution in [0.3, 0.4) is 0 Å². The number of ether oxygens (including phenoxy) is 1. The van der Waals surface area contributed by atoms with Gasteiger partial charge in [-0.3, -0.25) is 4.99 Å². The maximum absolute atomic E-state index is 11.7. The number of sulfone groups is 1. The molecule has 4 rings (SSSR count). The highest BCUT2D eigenvalue weighted by molar-refractivity contribution is 9.10. The third kappa shape index (κ3) is 4.43. The fraction of sp³-hybridized carbons (Fsp3) is 0.238. The molecular formula is C21H20BrN3O3S. The Labute approximate surface area is 178 Å². The van der Waals surface area contributed by atoms with Crippen molar-refractivity contribution < 1.29 is 13.2 Å². The summed E-state index contributed by atoms with van der Waals surface area (Å²) in [7, 11) is -1.35. The quantitative estimate of drug-likeness (QED) is 0.526. The Morgan fingerprint density at radius 1 is 1.24 bits per heavy atom. The van der Waals surface area contributed by atoms with E-state index in [2.05, 4.69) is 20.9 Å². The molecule has 1 fully saturated rings. The number of rotatable bonds is 5. The standard InChI is InChI=1S/C21H20BrN3O3S/c1-28-20-8-7-15(11-19(20)22)21-16(12-23-17-9-10-29(26,27)14-17)13-25(24-21)18-5-3-2-4-6-18/h2-8,11-13,17H,9-10,14H2,1H3. The highest BCUT2D eigenvalue weighted by Gasteiger charge is 2.27. The largest absolute Gasteiger partial charge is 0.496 e. The van der Waals surface area contributed by atoms with E-state index in [1.54, 1.807) is 18.0 Å². The Morgan fingerprint density at radius 3 is 2.69 bits per heavy atom. The summed E-state index contributed by atoms with van der Waals surface area (Å²) in [5.41, 5.74) is 3.44. The van der Waals surface area contributed by atoms with Crippen molar-refractivity contribution in [1.29, 1.82) is 0 Å². The van der Waals surface area contributed by atoms with Crippen molar-refractivity contribution in [3.05, 3.63) is 64.8 Å². The first-order valence-electron chi connectivity index (χ1n) is 9.18. The molecule has 0 aliphatic carbocycles. The lowest BCUT2D eigenvalue weighted by Gasteiger charge is -2.06. The second-order valence-electron chi connectivity index (χ2n) is 6.90. The van der Waals surface area contributed by atoms with Crippen molar-refractivity contribution in [3.63, 3.8) is 0 Å². The highest BCUT2D eigenvalue weighted by Crippen LogP contribution is 2.31. The summed E-state index contributed by atoms with van der Waals surface area (Å²) in [6, 6.07) is 15.4. The molecule has 0 saturated carbocycles. The SMILES string of the molecule is COc1ccc(-c2nn(-c3ccccc3)cc2C=NC2CCS(=O)(=O)C2)cc1Br. The van der Waals surface area contributed by atoms with Crippen molar-refractivity contribution in [2.45, 2.75) is 12.5 Å². The molecule has 1 unspecified atom stereocenters. The number of aromatic nitrogens is 2.